The number of aliphatic carboxylic acids is 1. The number of nitrogens with two attached hydrogens (primary N) is 1. The van der Waals surface area contributed by atoms with Crippen LogP contribution in [0.4, 0.5) is 5.69 Å². The maximum Gasteiger partial charge on any atom is 0.307 e. The topological polar surface area (TPSA) is 113 Å². The summed E-state index contributed by atoms with van der Waals surface area (Å²) >= 11 is 0. The zero-order valence-corrected chi connectivity index (χ0v) is 12.1. The minimum Gasteiger partial charge on any atom is -0.481 e. The first-order valence-electron chi connectivity index (χ1n) is 7.11. The number of rotatable bonds is 5. The van der Waals surface area contributed by atoms with Gasteiger partial charge in [-0.3, -0.25) is 19.3 Å². The van der Waals surface area contributed by atoms with Crippen LogP contribution in [0.15, 0.2) is 24.3 Å². The summed E-state index contributed by atoms with van der Waals surface area (Å²) < 4.78 is 0. The molecule has 0 aliphatic carbocycles. The predicted octanol–water partition coefficient (Wildman–Crippen LogP) is 0.521. The van der Waals surface area contributed by atoms with Gasteiger partial charge in [0.25, 0.3) is 5.91 Å². The number of benzene rings is 1. The first-order chi connectivity index (χ1) is 10.5. The molecule has 1 aromatic carbocycles. The standard InChI is InChI=1S/C15H19N3O4/c16-14(20)11-5-1-2-6-12(11)17-13(19)9-18-7-3-4-10(8-18)15(21)22/h1-2,5-6,10H,3-4,7-9H2,(H2,16,20)(H,17,19)(H,21,22). The van der Waals surface area contributed by atoms with Crippen molar-refractivity contribution in [1.29, 1.82) is 0 Å². The first kappa shape index (κ1) is 16.0. The molecule has 1 aromatic rings. The van der Waals surface area contributed by atoms with Gasteiger partial charge in [0.05, 0.1) is 23.7 Å². The highest BCUT2D eigenvalue weighted by Gasteiger charge is 2.26. The number of hydrogen-bond donors (Lipinski definition) is 3. The van der Waals surface area contributed by atoms with Gasteiger partial charge < -0.3 is 16.2 Å². The van der Waals surface area contributed by atoms with E-state index >= 15 is 0 Å². The summed E-state index contributed by atoms with van der Waals surface area (Å²) in [6.45, 7) is 1.14. The van der Waals surface area contributed by atoms with Crippen molar-refractivity contribution in [2.24, 2.45) is 11.7 Å². The Labute approximate surface area is 128 Å². The van der Waals surface area contributed by atoms with Gasteiger partial charge in [-0.2, -0.15) is 0 Å². The molecule has 22 heavy (non-hydrogen) atoms. The lowest BCUT2D eigenvalue weighted by atomic mass is 9.98. The molecule has 0 radical (unpaired) electrons. The minimum absolute atomic E-state index is 0.0941. The lowest BCUT2D eigenvalue weighted by Gasteiger charge is -2.29. The van der Waals surface area contributed by atoms with Gasteiger partial charge in [-0.25, -0.2) is 0 Å². The Morgan fingerprint density at radius 2 is 2.05 bits per heavy atom. The number of anilines is 1. The molecule has 0 aromatic heterocycles. The number of likely N-dealkylation sites (tertiary alicyclic amines) is 1. The van der Waals surface area contributed by atoms with Crippen LogP contribution in [0.3, 0.4) is 0 Å². The van der Waals surface area contributed by atoms with Crippen LogP contribution < -0.4 is 11.1 Å². The van der Waals surface area contributed by atoms with Gasteiger partial charge in [-0.15, -0.1) is 0 Å². The van der Waals surface area contributed by atoms with Crippen molar-refractivity contribution < 1.29 is 19.5 Å². The second kappa shape index (κ2) is 7.04. The zero-order valence-electron chi connectivity index (χ0n) is 12.1. The lowest BCUT2D eigenvalue weighted by molar-refractivity contribution is -0.144. The molecule has 7 nitrogen and oxygen atoms in total. The average Bonchev–Trinajstić information content (AvgIpc) is 2.47. The van der Waals surface area contributed by atoms with E-state index < -0.39 is 17.8 Å². The quantitative estimate of drug-likeness (QED) is 0.734. The van der Waals surface area contributed by atoms with Gasteiger partial charge in [-0.05, 0) is 31.5 Å². The predicted molar refractivity (Wildman–Crippen MR) is 80.4 cm³/mol. The van der Waals surface area contributed by atoms with Crippen LogP contribution in [0, 0.1) is 5.92 Å². The molecule has 1 saturated heterocycles. The number of carboxylic acid groups (broad SMARTS) is 1. The van der Waals surface area contributed by atoms with E-state index in [1.165, 1.54) is 0 Å². The van der Waals surface area contributed by atoms with E-state index in [4.69, 9.17) is 10.8 Å². The summed E-state index contributed by atoms with van der Waals surface area (Å²) in [5, 5.41) is 11.7. The number of carboxylic acids is 1. The van der Waals surface area contributed by atoms with Crippen molar-refractivity contribution >= 4 is 23.5 Å². The minimum atomic E-state index is -0.829. The van der Waals surface area contributed by atoms with Crippen molar-refractivity contribution in [3.63, 3.8) is 0 Å². The summed E-state index contributed by atoms with van der Waals surface area (Å²) in [5.74, 6) is -2.16. The number of hydrogen-bond acceptors (Lipinski definition) is 4. The van der Waals surface area contributed by atoms with E-state index in [0.29, 0.717) is 25.2 Å². The van der Waals surface area contributed by atoms with Crippen LogP contribution in [-0.4, -0.2) is 47.4 Å². The summed E-state index contributed by atoms with van der Waals surface area (Å²) in [4.78, 5) is 36.2. The third-order valence-corrected chi connectivity index (χ3v) is 3.69. The van der Waals surface area contributed by atoms with E-state index in [1.54, 1.807) is 24.3 Å². The molecule has 0 bridgehead atoms. The summed E-state index contributed by atoms with van der Waals surface area (Å²) in [6.07, 6.45) is 1.39. The van der Waals surface area contributed by atoms with E-state index in [9.17, 15) is 14.4 Å². The fourth-order valence-corrected chi connectivity index (χ4v) is 2.60. The first-order valence-corrected chi connectivity index (χ1v) is 7.11. The van der Waals surface area contributed by atoms with Crippen LogP contribution in [0.2, 0.25) is 0 Å². The number of amides is 2. The Morgan fingerprint density at radius 1 is 1.32 bits per heavy atom. The Bertz CT molecular complexity index is 588. The average molecular weight is 305 g/mol. The second-order valence-corrected chi connectivity index (χ2v) is 5.37. The Kier molecular flexibility index (Phi) is 5.11. The van der Waals surface area contributed by atoms with Crippen LogP contribution in [-0.2, 0) is 9.59 Å². The number of nitrogens with one attached hydrogen (secondary N) is 1. The van der Waals surface area contributed by atoms with Gasteiger partial charge >= 0.3 is 5.97 Å². The number of carbonyl (C=O) groups excluding carboxylic acids is 2. The van der Waals surface area contributed by atoms with Gasteiger partial charge in [-0.1, -0.05) is 12.1 Å². The van der Waals surface area contributed by atoms with E-state index in [-0.39, 0.29) is 18.0 Å². The highest BCUT2D eigenvalue weighted by molar-refractivity contribution is 6.03. The van der Waals surface area contributed by atoms with Crippen LogP contribution in [0.5, 0.6) is 0 Å². The van der Waals surface area contributed by atoms with Crippen molar-refractivity contribution in [3.8, 4) is 0 Å². The molecule has 1 fully saturated rings. The number of piperidine rings is 1. The van der Waals surface area contributed by atoms with E-state index in [0.717, 1.165) is 6.42 Å². The van der Waals surface area contributed by atoms with Gasteiger partial charge in [0.2, 0.25) is 5.91 Å². The monoisotopic (exact) mass is 305 g/mol. The molecule has 1 aliphatic heterocycles. The molecule has 0 spiro atoms. The molecule has 4 N–H and O–H groups in total. The molecule has 7 heteroatoms. The van der Waals surface area contributed by atoms with E-state index in [1.807, 2.05) is 4.90 Å². The molecule has 1 aliphatic rings. The van der Waals surface area contributed by atoms with Crippen molar-refractivity contribution in [2.75, 3.05) is 25.0 Å². The van der Waals surface area contributed by atoms with Crippen LogP contribution in [0.1, 0.15) is 23.2 Å². The lowest BCUT2D eigenvalue weighted by Crippen LogP contribution is -2.42. The highest BCUT2D eigenvalue weighted by Crippen LogP contribution is 2.17. The zero-order chi connectivity index (χ0) is 16.1. The molecule has 1 atom stereocenters. The van der Waals surface area contributed by atoms with Crippen molar-refractivity contribution in [2.45, 2.75) is 12.8 Å². The summed E-state index contributed by atoms with van der Waals surface area (Å²) in [5.41, 5.74) is 5.88. The van der Waals surface area contributed by atoms with Gasteiger partial charge in [0.1, 0.15) is 0 Å². The molecular formula is C15H19N3O4. The fourth-order valence-electron chi connectivity index (χ4n) is 2.60. The number of nitrogens with zero attached hydrogens (tertiary/aromatic N) is 1. The van der Waals surface area contributed by atoms with Gasteiger partial charge in [0, 0.05) is 6.54 Å². The number of para-hydroxylation sites is 1. The summed E-state index contributed by atoms with van der Waals surface area (Å²) in [6, 6.07) is 6.51. The second-order valence-electron chi connectivity index (χ2n) is 5.37. The Hall–Kier alpha value is -2.41. The van der Waals surface area contributed by atoms with Crippen molar-refractivity contribution in [3.05, 3.63) is 29.8 Å². The SMILES string of the molecule is NC(=O)c1ccccc1NC(=O)CN1CCCC(C(=O)O)C1. The third-order valence-electron chi connectivity index (χ3n) is 3.69. The smallest absolute Gasteiger partial charge is 0.307 e. The number of primary amides is 1. The number of carbonyl (C=O) groups is 3. The van der Waals surface area contributed by atoms with Crippen LogP contribution >= 0.6 is 0 Å². The maximum atomic E-state index is 12.1. The molecule has 2 amide bonds. The molecule has 1 unspecified atom stereocenters. The van der Waals surface area contributed by atoms with Gasteiger partial charge in [0.15, 0.2) is 0 Å². The van der Waals surface area contributed by atoms with Crippen LogP contribution in [0.25, 0.3) is 0 Å². The molecule has 2 rings (SSSR count). The molecule has 0 saturated carbocycles. The summed E-state index contributed by atoms with van der Waals surface area (Å²) in [7, 11) is 0. The van der Waals surface area contributed by atoms with E-state index in [2.05, 4.69) is 5.32 Å². The van der Waals surface area contributed by atoms with Crippen molar-refractivity contribution in [1.82, 2.24) is 4.90 Å². The highest BCUT2D eigenvalue weighted by atomic mass is 16.4. The maximum absolute atomic E-state index is 12.1. The molecule has 118 valence electrons. The molecule has 1 heterocycles. The Balaban J connectivity index is 1.96. The fraction of sp³-hybridized carbons (Fsp3) is 0.400. The third kappa shape index (κ3) is 4.05. The Morgan fingerprint density at radius 3 is 2.73 bits per heavy atom. The molecular weight excluding hydrogens is 286 g/mol. The largest absolute Gasteiger partial charge is 0.481 e. The normalized spacial score (nSPS) is 18.6.